The van der Waals surface area contributed by atoms with Crippen LogP contribution in [0.4, 0.5) is 5.69 Å². The predicted molar refractivity (Wildman–Crippen MR) is 156 cm³/mol. The van der Waals surface area contributed by atoms with E-state index in [1.54, 1.807) is 18.2 Å². The smallest absolute Gasteiger partial charge is 0.264 e. The van der Waals surface area contributed by atoms with E-state index in [0.717, 1.165) is 16.3 Å². The first-order chi connectivity index (χ1) is 18.6. The Morgan fingerprint density at radius 3 is 1.97 bits per heavy atom. The molecule has 0 bridgehead atoms. The molecule has 0 heterocycles. The Bertz CT molecular complexity index is 1350. The minimum absolute atomic E-state index is 0.00469. The van der Waals surface area contributed by atoms with Gasteiger partial charge < -0.3 is 10.2 Å². The number of rotatable bonds is 12. The Hall–Kier alpha value is -3.07. The van der Waals surface area contributed by atoms with Crippen molar-refractivity contribution in [2.45, 2.75) is 57.1 Å². The molecular weight excluding hydrogens is 557 g/mol. The Kier molecular flexibility index (Phi) is 10.8. The molecule has 2 unspecified atom stereocenters. The molecule has 2 atom stereocenters. The van der Waals surface area contributed by atoms with Crippen LogP contribution >= 0.6 is 23.2 Å². The summed E-state index contributed by atoms with van der Waals surface area (Å²) in [6.07, 6.45) is 1.07. The molecule has 208 valence electrons. The monoisotopic (exact) mass is 589 g/mol. The van der Waals surface area contributed by atoms with E-state index < -0.39 is 28.5 Å². The normalized spacial score (nSPS) is 12.8. The molecule has 0 saturated heterocycles. The van der Waals surface area contributed by atoms with Crippen molar-refractivity contribution in [3.05, 3.63) is 94.5 Å². The summed E-state index contributed by atoms with van der Waals surface area (Å²) in [7, 11) is -4.20. The van der Waals surface area contributed by atoms with Gasteiger partial charge in [-0.05, 0) is 55.7 Å². The molecule has 3 aromatic rings. The molecule has 3 rings (SSSR count). The van der Waals surface area contributed by atoms with Crippen LogP contribution in [0.15, 0.2) is 83.8 Å². The van der Waals surface area contributed by atoms with Crippen molar-refractivity contribution in [2.24, 2.45) is 0 Å². The molecule has 0 aliphatic carbocycles. The van der Waals surface area contributed by atoms with Crippen LogP contribution in [0.5, 0.6) is 0 Å². The molecule has 39 heavy (non-hydrogen) atoms. The van der Waals surface area contributed by atoms with Crippen LogP contribution < -0.4 is 9.62 Å². The molecule has 0 radical (unpaired) electrons. The van der Waals surface area contributed by atoms with Crippen molar-refractivity contribution in [3.8, 4) is 0 Å². The lowest BCUT2D eigenvalue weighted by Crippen LogP contribution is -2.53. The Morgan fingerprint density at radius 2 is 1.44 bits per heavy atom. The molecule has 0 spiro atoms. The number of sulfonamides is 1. The highest BCUT2D eigenvalue weighted by Gasteiger charge is 2.34. The Morgan fingerprint density at radius 1 is 0.872 bits per heavy atom. The van der Waals surface area contributed by atoms with Gasteiger partial charge in [0.25, 0.3) is 10.0 Å². The van der Waals surface area contributed by atoms with Gasteiger partial charge in [-0.3, -0.25) is 13.9 Å². The number of amides is 2. The number of benzene rings is 3. The second-order valence-corrected chi connectivity index (χ2v) is 11.9. The van der Waals surface area contributed by atoms with E-state index in [9.17, 15) is 18.0 Å². The molecule has 0 aliphatic heterocycles. The van der Waals surface area contributed by atoms with Gasteiger partial charge in [0.2, 0.25) is 11.8 Å². The maximum Gasteiger partial charge on any atom is 0.264 e. The number of nitrogens with one attached hydrogen (secondary N) is 1. The summed E-state index contributed by atoms with van der Waals surface area (Å²) in [5.74, 6) is -0.833. The van der Waals surface area contributed by atoms with Crippen LogP contribution in [-0.4, -0.2) is 43.8 Å². The lowest BCUT2D eigenvalue weighted by molar-refractivity contribution is -0.140. The number of anilines is 1. The van der Waals surface area contributed by atoms with Gasteiger partial charge in [0.1, 0.15) is 12.6 Å². The van der Waals surface area contributed by atoms with Crippen molar-refractivity contribution in [2.75, 3.05) is 10.8 Å². The quantitative estimate of drug-likeness (QED) is 0.284. The standard InChI is InChI=1S/C29H33Cl2N3O4S/c1-4-21(3)32-29(36)27(5-2)33(19-22-12-8-6-9-13-22)28(35)20-34(25-17-23(30)16-24(31)18-25)39(37,38)26-14-10-7-11-15-26/h6-18,21,27H,4-5,19-20H2,1-3H3,(H,32,36). The number of halogens is 2. The van der Waals surface area contributed by atoms with Crippen LogP contribution in [-0.2, 0) is 26.2 Å². The topological polar surface area (TPSA) is 86.8 Å². The maximum absolute atomic E-state index is 14.0. The average Bonchev–Trinajstić information content (AvgIpc) is 2.91. The summed E-state index contributed by atoms with van der Waals surface area (Å²) < 4.78 is 28.6. The highest BCUT2D eigenvalue weighted by atomic mass is 35.5. The Labute approximate surface area is 240 Å². The molecule has 10 heteroatoms. The third kappa shape index (κ3) is 7.97. The van der Waals surface area contributed by atoms with E-state index in [2.05, 4.69) is 5.32 Å². The number of carbonyl (C=O) groups is 2. The Balaban J connectivity index is 2.06. The van der Waals surface area contributed by atoms with Crippen molar-refractivity contribution < 1.29 is 18.0 Å². The molecule has 7 nitrogen and oxygen atoms in total. The van der Waals surface area contributed by atoms with E-state index in [4.69, 9.17) is 23.2 Å². The minimum atomic E-state index is -4.20. The van der Waals surface area contributed by atoms with Gasteiger partial charge in [-0.2, -0.15) is 0 Å². The fraction of sp³-hybridized carbons (Fsp3) is 0.310. The van der Waals surface area contributed by atoms with Crippen LogP contribution in [0.2, 0.25) is 10.0 Å². The van der Waals surface area contributed by atoms with Crippen molar-refractivity contribution in [1.82, 2.24) is 10.2 Å². The summed E-state index contributed by atoms with van der Waals surface area (Å²) >= 11 is 12.4. The van der Waals surface area contributed by atoms with Gasteiger partial charge in [-0.15, -0.1) is 0 Å². The third-order valence-corrected chi connectivity index (χ3v) is 8.55. The second kappa shape index (κ2) is 13.8. The largest absolute Gasteiger partial charge is 0.352 e. The average molecular weight is 591 g/mol. The fourth-order valence-corrected chi connectivity index (χ4v) is 6.01. The molecule has 0 fully saturated rings. The zero-order valence-electron chi connectivity index (χ0n) is 22.2. The van der Waals surface area contributed by atoms with Crippen molar-refractivity contribution >= 4 is 50.7 Å². The number of hydrogen-bond donors (Lipinski definition) is 1. The lowest BCUT2D eigenvalue weighted by atomic mass is 10.1. The van der Waals surface area contributed by atoms with Gasteiger partial charge in [-0.25, -0.2) is 8.42 Å². The van der Waals surface area contributed by atoms with Gasteiger partial charge >= 0.3 is 0 Å². The van der Waals surface area contributed by atoms with Crippen LogP contribution in [0.1, 0.15) is 39.2 Å². The van der Waals surface area contributed by atoms with Crippen LogP contribution in [0.25, 0.3) is 0 Å². The van der Waals surface area contributed by atoms with Crippen LogP contribution in [0.3, 0.4) is 0 Å². The van der Waals surface area contributed by atoms with Gasteiger partial charge in [-0.1, -0.05) is 85.6 Å². The molecule has 0 aromatic heterocycles. The lowest BCUT2D eigenvalue weighted by Gasteiger charge is -2.33. The number of carbonyl (C=O) groups excluding carboxylic acids is 2. The molecule has 3 aromatic carbocycles. The third-order valence-electron chi connectivity index (χ3n) is 6.33. The predicted octanol–water partition coefficient (Wildman–Crippen LogP) is 5.91. The van der Waals surface area contributed by atoms with E-state index in [-0.39, 0.29) is 39.1 Å². The van der Waals surface area contributed by atoms with Gasteiger partial charge in [0, 0.05) is 22.6 Å². The minimum Gasteiger partial charge on any atom is -0.352 e. The SMILES string of the molecule is CCC(C)NC(=O)C(CC)N(Cc1ccccc1)C(=O)CN(c1cc(Cl)cc(Cl)c1)S(=O)(=O)c1ccccc1. The molecule has 2 amide bonds. The summed E-state index contributed by atoms with van der Waals surface area (Å²) in [5, 5.41) is 3.40. The summed E-state index contributed by atoms with van der Waals surface area (Å²) in [6.45, 7) is 5.24. The van der Waals surface area contributed by atoms with E-state index >= 15 is 0 Å². The first-order valence-electron chi connectivity index (χ1n) is 12.7. The highest BCUT2D eigenvalue weighted by molar-refractivity contribution is 7.92. The fourth-order valence-electron chi connectivity index (χ4n) is 4.07. The van der Waals surface area contributed by atoms with Gasteiger partial charge in [0.05, 0.1) is 10.6 Å². The summed E-state index contributed by atoms with van der Waals surface area (Å²) in [4.78, 5) is 28.7. The molecular formula is C29H33Cl2N3O4S. The van der Waals surface area contributed by atoms with Gasteiger partial charge in [0.15, 0.2) is 0 Å². The maximum atomic E-state index is 14.0. The van der Waals surface area contributed by atoms with E-state index in [0.29, 0.717) is 6.42 Å². The van der Waals surface area contributed by atoms with Crippen LogP contribution in [0, 0.1) is 0 Å². The highest BCUT2D eigenvalue weighted by Crippen LogP contribution is 2.30. The molecule has 1 N–H and O–H groups in total. The van der Waals surface area contributed by atoms with Crippen molar-refractivity contribution in [1.29, 1.82) is 0 Å². The van der Waals surface area contributed by atoms with E-state index in [1.807, 2.05) is 51.1 Å². The molecule has 0 aliphatic rings. The molecule has 0 saturated carbocycles. The zero-order valence-corrected chi connectivity index (χ0v) is 24.5. The second-order valence-electron chi connectivity index (χ2n) is 9.20. The van der Waals surface area contributed by atoms with Crippen molar-refractivity contribution in [3.63, 3.8) is 0 Å². The summed E-state index contributed by atoms with van der Waals surface area (Å²) in [6, 6.07) is 20.6. The van der Waals surface area contributed by atoms with E-state index in [1.165, 1.54) is 35.2 Å². The zero-order chi connectivity index (χ0) is 28.6. The first kappa shape index (κ1) is 30.5. The first-order valence-corrected chi connectivity index (χ1v) is 14.9. The summed E-state index contributed by atoms with van der Waals surface area (Å²) in [5.41, 5.74) is 0.949. The number of nitrogens with zero attached hydrogens (tertiary/aromatic N) is 2. The number of hydrogen-bond acceptors (Lipinski definition) is 4.